The molecule has 0 amide bonds. The van der Waals surface area contributed by atoms with Crippen LogP contribution in [0.3, 0.4) is 0 Å². The maximum atomic E-state index is 11.6. The van der Waals surface area contributed by atoms with Crippen molar-refractivity contribution in [3.8, 4) is 0 Å². The van der Waals surface area contributed by atoms with Gasteiger partial charge in [-0.3, -0.25) is 4.79 Å². The number of methoxy groups -OCH3 is 1. The van der Waals surface area contributed by atoms with Crippen LogP contribution in [0.25, 0.3) is 0 Å². The van der Waals surface area contributed by atoms with Gasteiger partial charge in [0.05, 0.1) is 7.11 Å². The van der Waals surface area contributed by atoms with Gasteiger partial charge < -0.3 is 4.74 Å². The lowest BCUT2D eigenvalue weighted by Gasteiger charge is -2.16. The molecule has 2 atom stereocenters. The number of hydrogen-bond acceptors (Lipinski definition) is 3. The Bertz CT molecular complexity index is 309. The number of Topliss-reactive ketones (excluding diaryl/α,β-unsaturated/α-hetero) is 1. The Morgan fingerprint density at radius 1 is 1.69 bits per heavy atom. The average molecular weight is 336 g/mol. The third kappa shape index (κ3) is 3.88. The Balaban J connectivity index is 2.50. The maximum Gasteiger partial charge on any atom is 0.331 e. The molecule has 0 N–H and O–H groups in total. The van der Waals surface area contributed by atoms with Crippen molar-refractivity contribution < 1.29 is 14.3 Å². The standard InChI is InChI=1S/C12H17IO3/c1-8(10-4-3-5-11(10)14)6-9(13)7-12(15)16-2/h7-8,10H,3-6H2,1-2H3/b9-7-. The summed E-state index contributed by atoms with van der Waals surface area (Å²) in [5.41, 5.74) is 0. The molecule has 0 saturated heterocycles. The number of esters is 1. The molecule has 1 fully saturated rings. The van der Waals surface area contributed by atoms with E-state index in [-0.39, 0.29) is 11.9 Å². The van der Waals surface area contributed by atoms with Crippen molar-refractivity contribution in [2.45, 2.75) is 32.6 Å². The third-order valence-electron chi connectivity index (χ3n) is 3.03. The van der Waals surface area contributed by atoms with Crippen LogP contribution in [0.2, 0.25) is 0 Å². The number of carbonyl (C=O) groups excluding carboxylic acids is 2. The van der Waals surface area contributed by atoms with Gasteiger partial charge in [0.25, 0.3) is 0 Å². The fourth-order valence-corrected chi connectivity index (χ4v) is 3.09. The summed E-state index contributed by atoms with van der Waals surface area (Å²) in [6, 6.07) is 0. The van der Waals surface area contributed by atoms with Crippen LogP contribution in [0.5, 0.6) is 0 Å². The summed E-state index contributed by atoms with van der Waals surface area (Å²) in [4.78, 5) is 22.6. The smallest absolute Gasteiger partial charge is 0.331 e. The van der Waals surface area contributed by atoms with E-state index in [1.165, 1.54) is 13.2 Å². The van der Waals surface area contributed by atoms with Crippen LogP contribution in [0, 0.1) is 11.8 Å². The molecule has 4 heteroatoms. The molecule has 0 aromatic heterocycles. The molecule has 0 bridgehead atoms. The van der Waals surface area contributed by atoms with Crippen molar-refractivity contribution in [1.29, 1.82) is 0 Å². The van der Waals surface area contributed by atoms with Gasteiger partial charge in [-0.25, -0.2) is 4.79 Å². The van der Waals surface area contributed by atoms with Crippen molar-refractivity contribution in [1.82, 2.24) is 0 Å². The Kier molecular flexibility index (Phi) is 5.44. The highest BCUT2D eigenvalue weighted by Crippen LogP contribution is 2.33. The summed E-state index contributed by atoms with van der Waals surface area (Å²) in [7, 11) is 1.37. The summed E-state index contributed by atoms with van der Waals surface area (Å²) in [5.74, 6) is 0.572. The highest BCUT2D eigenvalue weighted by atomic mass is 127. The van der Waals surface area contributed by atoms with Crippen LogP contribution < -0.4 is 0 Å². The first-order valence-electron chi connectivity index (χ1n) is 5.51. The van der Waals surface area contributed by atoms with Gasteiger partial charge in [-0.1, -0.05) is 6.92 Å². The van der Waals surface area contributed by atoms with Crippen LogP contribution in [0.15, 0.2) is 9.66 Å². The first-order chi connectivity index (χ1) is 7.54. The number of allylic oxidation sites excluding steroid dienone is 1. The Morgan fingerprint density at radius 2 is 2.38 bits per heavy atom. The Morgan fingerprint density at radius 3 is 2.88 bits per heavy atom. The second-order valence-electron chi connectivity index (χ2n) is 4.26. The van der Waals surface area contributed by atoms with Gasteiger partial charge in [-0.2, -0.15) is 0 Å². The van der Waals surface area contributed by atoms with E-state index in [0.29, 0.717) is 11.7 Å². The minimum atomic E-state index is -0.325. The Hall–Kier alpha value is -0.390. The van der Waals surface area contributed by atoms with E-state index in [4.69, 9.17) is 0 Å². The van der Waals surface area contributed by atoms with E-state index in [9.17, 15) is 9.59 Å². The topological polar surface area (TPSA) is 43.4 Å². The van der Waals surface area contributed by atoms with E-state index in [1.807, 2.05) is 0 Å². The van der Waals surface area contributed by atoms with Gasteiger partial charge in [0.15, 0.2) is 0 Å². The summed E-state index contributed by atoms with van der Waals surface area (Å²) in [6.07, 6.45) is 5.03. The van der Waals surface area contributed by atoms with E-state index in [1.54, 1.807) is 0 Å². The van der Waals surface area contributed by atoms with Crippen LogP contribution in [-0.2, 0) is 14.3 Å². The van der Waals surface area contributed by atoms with Crippen molar-refractivity contribution >= 4 is 34.3 Å². The molecule has 90 valence electrons. The first-order valence-corrected chi connectivity index (χ1v) is 6.59. The molecule has 0 aliphatic heterocycles. The fraction of sp³-hybridized carbons (Fsp3) is 0.667. The minimum Gasteiger partial charge on any atom is -0.466 e. The normalized spacial score (nSPS) is 23.3. The monoisotopic (exact) mass is 336 g/mol. The maximum absolute atomic E-state index is 11.6. The summed E-state index contributed by atoms with van der Waals surface area (Å²) in [6.45, 7) is 2.08. The van der Waals surface area contributed by atoms with Gasteiger partial charge >= 0.3 is 5.97 Å². The highest BCUT2D eigenvalue weighted by molar-refractivity contribution is 14.1. The molecule has 1 saturated carbocycles. The second kappa shape index (κ2) is 6.37. The molecular formula is C12H17IO3. The largest absolute Gasteiger partial charge is 0.466 e. The van der Waals surface area contributed by atoms with Gasteiger partial charge in [0.2, 0.25) is 0 Å². The van der Waals surface area contributed by atoms with Crippen molar-refractivity contribution in [3.63, 3.8) is 0 Å². The highest BCUT2D eigenvalue weighted by Gasteiger charge is 2.29. The molecule has 1 aliphatic carbocycles. The molecule has 0 radical (unpaired) electrons. The molecule has 0 heterocycles. The minimum absolute atomic E-state index is 0.191. The van der Waals surface area contributed by atoms with Crippen LogP contribution in [0.1, 0.15) is 32.6 Å². The zero-order valence-corrected chi connectivity index (χ0v) is 11.8. The van der Waals surface area contributed by atoms with Gasteiger partial charge in [-0.15, -0.1) is 0 Å². The summed E-state index contributed by atoms with van der Waals surface area (Å²) < 4.78 is 5.52. The molecule has 1 rings (SSSR count). The average Bonchev–Trinajstić information content (AvgIpc) is 2.63. The molecule has 0 aromatic rings. The van der Waals surface area contributed by atoms with Crippen LogP contribution in [0.4, 0.5) is 0 Å². The molecular weight excluding hydrogens is 319 g/mol. The number of halogens is 1. The molecule has 2 unspecified atom stereocenters. The number of rotatable bonds is 4. The van der Waals surface area contributed by atoms with E-state index < -0.39 is 0 Å². The SMILES string of the molecule is COC(=O)/C=C(\I)CC(C)C1CCCC1=O. The van der Waals surface area contributed by atoms with E-state index in [2.05, 4.69) is 34.3 Å². The van der Waals surface area contributed by atoms with Crippen molar-refractivity contribution in [3.05, 3.63) is 9.66 Å². The predicted octanol–water partition coefficient (Wildman–Crippen LogP) is 2.87. The van der Waals surface area contributed by atoms with E-state index >= 15 is 0 Å². The van der Waals surface area contributed by atoms with Crippen LogP contribution >= 0.6 is 22.6 Å². The Labute approximate surface area is 110 Å². The fourth-order valence-electron chi connectivity index (χ4n) is 2.14. The van der Waals surface area contributed by atoms with E-state index in [0.717, 1.165) is 29.3 Å². The number of carbonyl (C=O) groups is 2. The molecule has 0 aromatic carbocycles. The summed E-state index contributed by atoms with van der Waals surface area (Å²) in [5, 5.41) is 0. The number of hydrogen-bond donors (Lipinski definition) is 0. The lowest BCUT2D eigenvalue weighted by atomic mass is 9.89. The molecule has 16 heavy (non-hydrogen) atoms. The second-order valence-corrected chi connectivity index (χ2v) is 5.65. The lowest BCUT2D eigenvalue weighted by Crippen LogP contribution is -2.16. The quantitative estimate of drug-likeness (QED) is 0.450. The van der Waals surface area contributed by atoms with Gasteiger partial charge in [-0.05, 0) is 51.4 Å². The third-order valence-corrected chi connectivity index (χ3v) is 3.78. The lowest BCUT2D eigenvalue weighted by molar-refractivity contribution is -0.134. The van der Waals surface area contributed by atoms with Crippen molar-refractivity contribution in [2.75, 3.05) is 7.11 Å². The number of ketones is 1. The molecule has 3 nitrogen and oxygen atoms in total. The van der Waals surface area contributed by atoms with Gasteiger partial charge in [0, 0.05) is 18.4 Å². The zero-order chi connectivity index (χ0) is 12.1. The van der Waals surface area contributed by atoms with Crippen LogP contribution in [-0.4, -0.2) is 18.9 Å². The number of ether oxygens (including phenoxy) is 1. The first kappa shape index (κ1) is 13.7. The summed E-state index contributed by atoms with van der Waals surface area (Å²) >= 11 is 2.14. The van der Waals surface area contributed by atoms with Gasteiger partial charge in [0.1, 0.15) is 5.78 Å². The zero-order valence-electron chi connectivity index (χ0n) is 9.66. The molecule has 1 aliphatic rings. The predicted molar refractivity (Wildman–Crippen MR) is 70.2 cm³/mol. The van der Waals surface area contributed by atoms with Crippen molar-refractivity contribution in [2.24, 2.45) is 11.8 Å². The molecule has 0 spiro atoms.